The van der Waals surface area contributed by atoms with Crippen LogP contribution in [0.2, 0.25) is 0 Å². The lowest BCUT2D eigenvalue weighted by Gasteiger charge is -2.13. The highest BCUT2D eigenvalue weighted by molar-refractivity contribution is 5.23. The van der Waals surface area contributed by atoms with Crippen molar-refractivity contribution in [2.45, 2.75) is 32.7 Å². The van der Waals surface area contributed by atoms with Crippen LogP contribution in [0.5, 0.6) is 0 Å². The molecule has 12 heavy (non-hydrogen) atoms. The van der Waals surface area contributed by atoms with Crippen LogP contribution in [-0.2, 0) is 0 Å². The molecule has 1 aromatic heterocycles. The highest BCUT2D eigenvalue weighted by Crippen LogP contribution is 2.04. The van der Waals surface area contributed by atoms with Crippen LogP contribution in [0.1, 0.15) is 26.7 Å². The van der Waals surface area contributed by atoms with E-state index in [0.29, 0.717) is 6.04 Å². The summed E-state index contributed by atoms with van der Waals surface area (Å²) >= 11 is 0. The van der Waals surface area contributed by atoms with Gasteiger partial charge in [0.25, 0.3) is 0 Å². The van der Waals surface area contributed by atoms with E-state index >= 15 is 0 Å². The summed E-state index contributed by atoms with van der Waals surface area (Å²) in [5.74, 6) is 0.728. The Morgan fingerprint density at radius 1 is 1.25 bits per heavy atom. The van der Waals surface area contributed by atoms with Crippen LogP contribution in [0.25, 0.3) is 0 Å². The Morgan fingerprint density at radius 2 is 1.83 bits per heavy atom. The van der Waals surface area contributed by atoms with Crippen molar-refractivity contribution >= 4 is 5.95 Å². The van der Waals surface area contributed by atoms with Gasteiger partial charge in [0.15, 0.2) is 0 Å². The first-order valence-corrected chi connectivity index (χ1v) is 4.40. The maximum absolute atomic E-state index is 4.09. The zero-order valence-corrected chi connectivity index (χ0v) is 7.62. The molecule has 0 aliphatic rings. The molecule has 0 unspecified atom stereocenters. The number of nitrogens with one attached hydrogen (secondary N) is 1. The van der Waals surface area contributed by atoms with E-state index in [-0.39, 0.29) is 0 Å². The summed E-state index contributed by atoms with van der Waals surface area (Å²) in [7, 11) is 0. The zero-order chi connectivity index (χ0) is 8.81. The largest absolute Gasteiger partial charge is 0.352 e. The topological polar surface area (TPSA) is 37.8 Å². The van der Waals surface area contributed by atoms with Gasteiger partial charge in [0.05, 0.1) is 0 Å². The van der Waals surface area contributed by atoms with Gasteiger partial charge in [-0.15, -0.1) is 0 Å². The number of aromatic nitrogens is 2. The molecule has 0 amide bonds. The molecule has 0 radical (unpaired) electrons. The van der Waals surface area contributed by atoms with Crippen molar-refractivity contribution in [3.63, 3.8) is 0 Å². The third kappa shape index (κ3) is 2.49. The van der Waals surface area contributed by atoms with E-state index in [1.165, 1.54) is 0 Å². The predicted octanol–water partition coefficient (Wildman–Crippen LogP) is 2.08. The second kappa shape index (κ2) is 4.70. The molecule has 1 heterocycles. The van der Waals surface area contributed by atoms with Crippen molar-refractivity contribution in [2.75, 3.05) is 5.32 Å². The number of nitrogens with zero attached hydrogens (tertiary/aromatic N) is 2. The van der Waals surface area contributed by atoms with Crippen molar-refractivity contribution in [2.24, 2.45) is 0 Å². The van der Waals surface area contributed by atoms with Crippen molar-refractivity contribution in [1.29, 1.82) is 0 Å². The maximum atomic E-state index is 4.09. The Hall–Kier alpha value is -1.12. The van der Waals surface area contributed by atoms with Crippen LogP contribution in [0.3, 0.4) is 0 Å². The zero-order valence-electron chi connectivity index (χ0n) is 7.62. The Bertz CT molecular complexity index is 206. The molecule has 3 nitrogen and oxygen atoms in total. The molecule has 1 rings (SSSR count). The molecule has 0 aromatic carbocycles. The van der Waals surface area contributed by atoms with Gasteiger partial charge in [-0.05, 0) is 18.9 Å². The second-order valence-corrected chi connectivity index (χ2v) is 2.73. The second-order valence-electron chi connectivity index (χ2n) is 2.73. The standard InChI is InChI=1S/C9H15N3/c1-3-8(4-2)12-9-10-6-5-7-11-9/h5-8H,3-4H2,1-2H3,(H,10,11,12). The van der Waals surface area contributed by atoms with Crippen molar-refractivity contribution in [3.05, 3.63) is 18.5 Å². The van der Waals surface area contributed by atoms with Crippen LogP contribution in [-0.4, -0.2) is 16.0 Å². The minimum Gasteiger partial charge on any atom is -0.352 e. The van der Waals surface area contributed by atoms with Crippen LogP contribution >= 0.6 is 0 Å². The van der Waals surface area contributed by atoms with E-state index in [9.17, 15) is 0 Å². The number of anilines is 1. The third-order valence-corrected chi connectivity index (χ3v) is 1.88. The highest BCUT2D eigenvalue weighted by atomic mass is 15.1. The van der Waals surface area contributed by atoms with E-state index in [2.05, 4.69) is 29.1 Å². The quantitative estimate of drug-likeness (QED) is 0.742. The lowest BCUT2D eigenvalue weighted by Crippen LogP contribution is -2.18. The fraction of sp³-hybridized carbons (Fsp3) is 0.556. The summed E-state index contributed by atoms with van der Waals surface area (Å²) in [4.78, 5) is 8.18. The first-order chi connectivity index (χ1) is 5.86. The summed E-state index contributed by atoms with van der Waals surface area (Å²) in [6.07, 6.45) is 5.71. The van der Waals surface area contributed by atoms with Crippen LogP contribution in [0, 0.1) is 0 Å². The van der Waals surface area contributed by atoms with Gasteiger partial charge in [0.2, 0.25) is 5.95 Å². The summed E-state index contributed by atoms with van der Waals surface area (Å²) < 4.78 is 0. The Kier molecular flexibility index (Phi) is 3.51. The molecule has 0 saturated heterocycles. The molecule has 1 N–H and O–H groups in total. The van der Waals surface area contributed by atoms with Gasteiger partial charge in [-0.1, -0.05) is 13.8 Å². The molecule has 0 aliphatic heterocycles. The maximum Gasteiger partial charge on any atom is 0.222 e. The fourth-order valence-electron chi connectivity index (χ4n) is 1.05. The predicted molar refractivity (Wildman–Crippen MR) is 50.0 cm³/mol. The van der Waals surface area contributed by atoms with Crippen molar-refractivity contribution < 1.29 is 0 Å². The molecule has 0 bridgehead atoms. The van der Waals surface area contributed by atoms with E-state index < -0.39 is 0 Å². The van der Waals surface area contributed by atoms with Gasteiger partial charge in [0, 0.05) is 18.4 Å². The summed E-state index contributed by atoms with van der Waals surface area (Å²) in [6, 6.07) is 2.31. The first kappa shape index (κ1) is 8.97. The summed E-state index contributed by atoms with van der Waals surface area (Å²) in [5.41, 5.74) is 0. The van der Waals surface area contributed by atoms with Crippen molar-refractivity contribution in [3.8, 4) is 0 Å². The number of rotatable bonds is 4. The third-order valence-electron chi connectivity index (χ3n) is 1.88. The smallest absolute Gasteiger partial charge is 0.222 e. The van der Waals surface area contributed by atoms with Gasteiger partial charge in [-0.25, -0.2) is 9.97 Å². The minimum atomic E-state index is 0.493. The average molecular weight is 165 g/mol. The van der Waals surface area contributed by atoms with Gasteiger partial charge >= 0.3 is 0 Å². The normalized spacial score (nSPS) is 10.2. The number of hydrogen-bond donors (Lipinski definition) is 1. The van der Waals surface area contributed by atoms with E-state index in [0.717, 1.165) is 18.8 Å². The van der Waals surface area contributed by atoms with E-state index in [4.69, 9.17) is 0 Å². The summed E-state index contributed by atoms with van der Waals surface area (Å²) in [6.45, 7) is 4.31. The molecule has 0 saturated carbocycles. The van der Waals surface area contributed by atoms with Gasteiger partial charge in [0.1, 0.15) is 0 Å². The van der Waals surface area contributed by atoms with Crippen LogP contribution in [0.15, 0.2) is 18.5 Å². The van der Waals surface area contributed by atoms with E-state index in [1.54, 1.807) is 12.4 Å². The Labute approximate surface area is 73.2 Å². The van der Waals surface area contributed by atoms with E-state index in [1.807, 2.05) is 6.07 Å². The van der Waals surface area contributed by atoms with Crippen molar-refractivity contribution in [1.82, 2.24) is 9.97 Å². The lowest BCUT2D eigenvalue weighted by atomic mass is 10.2. The molecule has 0 spiro atoms. The Balaban J connectivity index is 2.51. The molecule has 0 atom stereocenters. The number of hydrogen-bond acceptors (Lipinski definition) is 3. The monoisotopic (exact) mass is 165 g/mol. The van der Waals surface area contributed by atoms with Crippen LogP contribution < -0.4 is 5.32 Å². The van der Waals surface area contributed by atoms with Crippen LogP contribution in [0.4, 0.5) is 5.95 Å². The lowest BCUT2D eigenvalue weighted by molar-refractivity contribution is 0.664. The fourth-order valence-corrected chi connectivity index (χ4v) is 1.05. The molecule has 3 heteroatoms. The molecule has 0 aliphatic carbocycles. The first-order valence-electron chi connectivity index (χ1n) is 4.40. The molecular weight excluding hydrogens is 150 g/mol. The molecule has 1 aromatic rings. The summed E-state index contributed by atoms with van der Waals surface area (Å²) in [5, 5.41) is 3.26. The minimum absolute atomic E-state index is 0.493. The highest BCUT2D eigenvalue weighted by Gasteiger charge is 2.02. The average Bonchev–Trinajstić information content (AvgIpc) is 2.16. The SMILES string of the molecule is CCC(CC)Nc1ncccn1. The Morgan fingerprint density at radius 3 is 2.33 bits per heavy atom. The molecule has 66 valence electrons. The van der Waals surface area contributed by atoms with Gasteiger partial charge < -0.3 is 5.32 Å². The molecular formula is C9H15N3. The van der Waals surface area contributed by atoms with Gasteiger partial charge in [-0.3, -0.25) is 0 Å². The van der Waals surface area contributed by atoms with Gasteiger partial charge in [-0.2, -0.15) is 0 Å². The molecule has 0 fully saturated rings.